The number of amides is 2. The highest BCUT2D eigenvalue weighted by atomic mass is 32.2. The molecule has 7 heteroatoms. The summed E-state index contributed by atoms with van der Waals surface area (Å²) in [6.07, 6.45) is 2.00. The zero-order valence-electron chi connectivity index (χ0n) is 16.8. The van der Waals surface area contributed by atoms with Crippen LogP contribution in [0.3, 0.4) is 0 Å². The van der Waals surface area contributed by atoms with E-state index in [-0.39, 0.29) is 11.8 Å². The van der Waals surface area contributed by atoms with Crippen molar-refractivity contribution in [2.75, 3.05) is 37.4 Å². The Labute approximate surface area is 180 Å². The van der Waals surface area contributed by atoms with Gasteiger partial charge in [-0.15, -0.1) is 11.8 Å². The van der Waals surface area contributed by atoms with E-state index < -0.39 is 5.60 Å². The van der Waals surface area contributed by atoms with E-state index in [0.29, 0.717) is 44.6 Å². The first-order chi connectivity index (χ1) is 14.5. The van der Waals surface area contributed by atoms with Gasteiger partial charge >= 0.3 is 0 Å². The van der Waals surface area contributed by atoms with Crippen LogP contribution in [-0.2, 0) is 4.79 Å². The van der Waals surface area contributed by atoms with Crippen LogP contribution < -0.4 is 5.32 Å². The van der Waals surface area contributed by atoms with Crippen LogP contribution in [0.15, 0.2) is 47.4 Å². The molecule has 2 aromatic carbocycles. The molecule has 2 aromatic rings. The second-order valence-electron chi connectivity index (χ2n) is 8.22. The molecule has 0 spiro atoms. The van der Waals surface area contributed by atoms with E-state index in [2.05, 4.69) is 23.5 Å². The predicted octanol–water partition coefficient (Wildman–Crippen LogP) is 3.03. The lowest BCUT2D eigenvalue weighted by Gasteiger charge is -2.42. The highest BCUT2D eigenvalue weighted by molar-refractivity contribution is 7.99. The van der Waals surface area contributed by atoms with E-state index in [0.717, 1.165) is 29.1 Å². The van der Waals surface area contributed by atoms with Gasteiger partial charge in [0, 0.05) is 42.3 Å². The Morgan fingerprint density at radius 3 is 2.27 bits per heavy atom. The quantitative estimate of drug-likeness (QED) is 0.794. The van der Waals surface area contributed by atoms with E-state index >= 15 is 0 Å². The van der Waals surface area contributed by atoms with Crippen molar-refractivity contribution in [1.82, 2.24) is 9.80 Å². The number of thioether (sulfide) groups is 1. The molecule has 0 atom stereocenters. The fourth-order valence-electron chi connectivity index (χ4n) is 4.29. The van der Waals surface area contributed by atoms with Gasteiger partial charge in [-0.05, 0) is 54.7 Å². The molecule has 0 radical (unpaired) electrons. The van der Waals surface area contributed by atoms with Crippen molar-refractivity contribution in [3.05, 3.63) is 48.0 Å². The van der Waals surface area contributed by atoms with Gasteiger partial charge in [0.1, 0.15) is 5.60 Å². The minimum absolute atomic E-state index is 0.0111. The number of hydrogen-bond acceptors (Lipinski definition) is 5. The Bertz CT molecular complexity index is 980. The van der Waals surface area contributed by atoms with Gasteiger partial charge in [0.15, 0.2) is 0 Å². The van der Waals surface area contributed by atoms with Gasteiger partial charge in [-0.3, -0.25) is 9.59 Å². The zero-order valence-corrected chi connectivity index (χ0v) is 17.6. The summed E-state index contributed by atoms with van der Waals surface area (Å²) in [4.78, 5) is 30.1. The third kappa shape index (κ3) is 3.46. The smallest absolute Gasteiger partial charge is 0.254 e. The molecule has 0 aromatic heterocycles. The van der Waals surface area contributed by atoms with E-state index in [9.17, 15) is 14.7 Å². The molecule has 0 unspecified atom stereocenters. The molecule has 2 fully saturated rings. The van der Waals surface area contributed by atoms with E-state index in [1.807, 2.05) is 24.3 Å². The summed E-state index contributed by atoms with van der Waals surface area (Å²) in [5.41, 5.74) is 2.87. The maximum atomic E-state index is 12.9. The van der Waals surface area contributed by atoms with E-state index in [4.69, 9.17) is 0 Å². The van der Waals surface area contributed by atoms with Gasteiger partial charge in [0.2, 0.25) is 0 Å². The molecule has 2 aliphatic heterocycles. The molecule has 2 heterocycles. The van der Waals surface area contributed by atoms with Gasteiger partial charge in [-0.2, -0.15) is 0 Å². The number of fused-ring (bicyclic) bond motifs is 1. The summed E-state index contributed by atoms with van der Waals surface area (Å²) in [6.45, 7) is 1.95. The van der Waals surface area contributed by atoms with Crippen LogP contribution in [0.1, 0.15) is 29.6 Å². The molecule has 1 saturated carbocycles. The van der Waals surface area contributed by atoms with Gasteiger partial charge in [-0.25, -0.2) is 0 Å². The average Bonchev–Trinajstić information content (AvgIpc) is 3.24. The number of aliphatic hydroxyl groups is 1. The fourth-order valence-corrected chi connectivity index (χ4v) is 5.12. The number of carbonyl (C=O) groups is 2. The van der Waals surface area contributed by atoms with Crippen molar-refractivity contribution in [2.24, 2.45) is 0 Å². The fraction of sp³-hybridized carbons (Fsp3) is 0.391. The standard InChI is InChI=1S/C23H25N3O3S/c27-21(25-10-12-26(13-11-25)22(28)23(29)8-1-9-23)17-4-2-16(3-5-17)18-6-7-20-19(14-18)24-15-30-20/h2-7,14,24,29H,1,8-13,15H2. The van der Waals surface area contributed by atoms with Crippen LogP contribution in [0, 0.1) is 0 Å². The molecule has 1 aliphatic carbocycles. The maximum absolute atomic E-state index is 12.9. The van der Waals surface area contributed by atoms with Gasteiger partial charge in [-0.1, -0.05) is 18.2 Å². The number of rotatable bonds is 3. The second kappa shape index (κ2) is 7.63. The lowest BCUT2D eigenvalue weighted by Crippen LogP contribution is -2.58. The summed E-state index contributed by atoms with van der Waals surface area (Å²) in [5, 5.41) is 13.6. The Hall–Kier alpha value is -2.51. The SMILES string of the molecule is O=C(c1ccc(-c2ccc3c(c2)NCS3)cc1)N1CCN(C(=O)C2(O)CCC2)CC1. The van der Waals surface area contributed by atoms with Crippen molar-refractivity contribution in [3.63, 3.8) is 0 Å². The molecule has 2 N–H and O–H groups in total. The van der Waals surface area contributed by atoms with Crippen LogP contribution in [-0.4, -0.2) is 64.4 Å². The molecule has 3 aliphatic rings. The molecular weight excluding hydrogens is 398 g/mol. The first kappa shape index (κ1) is 19.5. The summed E-state index contributed by atoms with van der Waals surface area (Å²) in [6, 6.07) is 14.1. The van der Waals surface area contributed by atoms with E-state index in [1.165, 1.54) is 4.90 Å². The Morgan fingerprint density at radius 2 is 1.60 bits per heavy atom. The summed E-state index contributed by atoms with van der Waals surface area (Å²) >= 11 is 1.80. The average molecular weight is 424 g/mol. The van der Waals surface area contributed by atoms with Crippen molar-refractivity contribution in [1.29, 1.82) is 0 Å². The minimum Gasteiger partial charge on any atom is -0.380 e. The predicted molar refractivity (Wildman–Crippen MR) is 118 cm³/mol. The van der Waals surface area contributed by atoms with Crippen molar-refractivity contribution >= 4 is 29.3 Å². The Kier molecular flexibility index (Phi) is 4.95. The molecule has 2 amide bonds. The van der Waals surface area contributed by atoms with Crippen molar-refractivity contribution in [3.8, 4) is 11.1 Å². The zero-order chi connectivity index (χ0) is 20.7. The van der Waals surface area contributed by atoms with E-state index in [1.54, 1.807) is 21.6 Å². The summed E-state index contributed by atoms with van der Waals surface area (Å²) in [5.74, 6) is 0.722. The van der Waals surface area contributed by atoms with Crippen LogP contribution in [0.2, 0.25) is 0 Å². The molecule has 1 saturated heterocycles. The monoisotopic (exact) mass is 423 g/mol. The summed E-state index contributed by atoms with van der Waals surface area (Å²) < 4.78 is 0. The van der Waals surface area contributed by atoms with Crippen LogP contribution in [0.5, 0.6) is 0 Å². The molecule has 156 valence electrons. The number of carbonyl (C=O) groups excluding carboxylic acids is 2. The normalized spacial score (nSPS) is 19.6. The highest BCUT2D eigenvalue weighted by Crippen LogP contribution is 2.37. The topological polar surface area (TPSA) is 72.9 Å². The minimum atomic E-state index is -1.16. The lowest BCUT2D eigenvalue weighted by atomic mass is 9.79. The summed E-state index contributed by atoms with van der Waals surface area (Å²) in [7, 11) is 0. The number of hydrogen-bond donors (Lipinski definition) is 2. The van der Waals surface area contributed by atoms with Gasteiger partial charge < -0.3 is 20.2 Å². The Balaban J connectivity index is 1.22. The molecule has 5 rings (SSSR count). The third-order valence-electron chi connectivity index (χ3n) is 6.37. The molecule has 30 heavy (non-hydrogen) atoms. The largest absolute Gasteiger partial charge is 0.380 e. The molecule has 6 nitrogen and oxygen atoms in total. The molecule has 0 bridgehead atoms. The van der Waals surface area contributed by atoms with Crippen LogP contribution >= 0.6 is 11.8 Å². The number of benzene rings is 2. The highest BCUT2D eigenvalue weighted by Gasteiger charge is 2.45. The molecular formula is C23H25N3O3S. The third-order valence-corrected chi connectivity index (χ3v) is 7.32. The van der Waals surface area contributed by atoms with Crippen LogP contribution in [0.4, 0.5) is 5.69 Å². The van der Waals surface area contributed by atoms with Gasteiger partial charge in [0.05, 0.1) is 5.88 Å². The van der Waals surface area contributed by atoms with Crippen molar-refractivity contribution in [2.45, 2.75) is 29.8 Å². The number of nitrogens with zero attached hydrogens (tertiary/aromatic N) is 2. The van der Waals surface area contributed by atoms with Crippen molar-refractivity contribution < 1.29 is 14.7 Å². The second-order valence-corrected chi connectivity index (χ2v) is 9.24. The first-order valence-corrected chi connectivity index (χ1v) is 11.4. The van der Waals surface area contributed by atoms with Crippen LogP contribution in [0.25, 0.3) is 11.1 Å². The number of anilines is 1. The lowest BCUT2D eigenvalue weighted by molar-refractivity contribution is -0.161. The first-order valence-electron chi connectivity index (χ1n) is 10.5. The Morgan fingerprint density at radius 1 is 0.933 bits per heavy atom. The number of piperazine rings is 1. The maximum Gasteiger partial charge on any atom is 0.254 e. The van der Waals surface area contributed by atoms with Gasteiger partial charge in [0.25, 0.3) is 11.8 Å². The number of nitrogens with one attached hydrogen (secondary N) is 1.